The minimum Gasteiger partial charge on any atom is -0.480 e. The van der Waals surface area contributed by atoms with E-state index in [9.17, 15) is 9.90 Å². The summed E-state index contributed by atoms with van der Waals surface area (Å²) in [6, 6.07) is 9.60. The molecule has 1 aromatic carbocycles. The van der Waals surface area contributed by atoms with E-state index >= 15 is 0 Å². The minimum atomic E-state index is -0.293. The highest BCUT2D eigenvalue weighted by Gasteiger charge is 2.46. The van der Waals surface area contributed by atoms with Crippen molar-refractivity contribution in [3.05, 3.63) is 58.4 Å². The van der Waals surface area contributed by atoms with E-state index in [2.05, 4.69) is 28.4 Å². The number of rotatable bonds is 6. The fraction of sp³-hybridized carbons (Fsp3) is 0.464. The maximum Gasteiger partial charge on any atom is 0.256 e. The number of hydrogen-bond donors (Lipinski definition) is 1. The van der Waals surface area contributed by atoms with Crippen LogP contribution in [0.1, 0.15) is 73.2 Å². The molecular weight excluding hydrogens is 490 g/mol. The first kappa shape index (κ1) is 25.5. The van der Waals surface area contributed by atoms with Gasteiger partial charge in [0.25, 0.3) is 5.91 Å². The summed E-state index contributed by atoms with van der Waals surface area (Å²) in [4.78, 5) is 27.1. The van der Waals surface area contributed by atoms with Crippen LogP contribution in [0.25, 0.3) is 11.3 Å². The van der Waals surface area contributed by atoms with E-state index in [1.165, 1.54) is 0 Å². The topological polar surface area (TPSA) is 83.7 Å². The van der Waals surface area contributed by atoms with E-state index in [0.29, 0.717) is 35.3 Å². The molecule has 0 saturated heterocycles. The van der Waals surface area contributed by atoms with Gasteiger partial charge in [0.2, 0.25) is 11.8 Å². The van der Waals surface area contributed by atoms with Gasteiger partial charge in [0, 0.05) is 37.4 Å². The number of ether oxygens (including phenoxy) is 1. The Hall–Kier alpha value is -3.10. The van der Waals surface area contributed by atoms with Crippen LogP contribution in [0.2, 0.25) is 5.02 Å². The third-order valence-corrected chi connectivity index (χ3v) is 7.70. The third-order valence-electron chi connectivity index (χ3n) is 7.45. The Kier molecular flexibility index (Phi) is 6.89. The smallest absolute Gasteiger partial charge is 0.256 e. The summed E-state index contributed by atoms with van der Waals surface area (Å²) in [7, 11) is 5.37. The monoisotopic (exact) mass is 523 g/mol. The van der Waals surface area contributed by atoms with E-state index in [4.69, 9.17) is 16.3 Å². The quantitative estimate of drug-likeness (QED) is 0.484. The summed E-state index contributed by atoms with van der Waals surface area (Å²) in [5, 5.41) is 10.8. The Morgan fingerprint density at radius 2 is 1.78 bits per heavy atom. The summed E-state index contributed by atoms with van der Waals surface area (Å²) in [5.41, 5.74) is 4.26. The van der Waals surface area contributed by atoms with Gasteiger partial charge in [-0.1, -0.05) is 23.7 Å². The fourth-order valence-corrected chi connectivity index (χ4v) is 5.85. The lowest BCUT2D eigenvalue weighted by Crippen LogP contribution is -2.42. The molecule has 0 radical (unpaired) electrons. The molecule has 0 spiro atoms. The van der Waals surface area contributed by atoms with Gasteiger partial charge in [-0.05, 0) is 63.3 Å². The molecule has 8 nitrogen and oxygen atoms in total. The third kappa shape index (κ3) is 4.46. The van der Waals surface area contributed by atoms with E-state index in [1.807, 2.05) is 54.2 Å². The first-order valence-electron chi connectivity index (χ1n) is 12.8. The summed E-state index contributed by atoms with van der Waals surface area (Å²) >= 11 is 6.24. The Labute approximate surface area is 222 Å². The lowest BCUT2D eigenvalue weighted by Gasteiger charge is -2.38. The number of nitrogens with zero attached hydrogens (tertiary/aromatic N) is 5. The van der Waals surface area contributed by atoms with Crippen LogP contribution in [0.15, 0.2) is 36.5 Å². The second-order valence-corrected chi connectivity index (χ2v) is 10.8. The Bertz CT molecular complexity index is 1300. The first-order valence-corrected chi connectivity index (χ1v) is 13.2. The van der Waals surface area contributed by atoms with Gasteiger partial charge in [0.1, 0.15) is 0 Å². The van der Waals surface area contributed by atoms with Crippen molar-refractivity contribution in [2.24, 2.45) is 0 Å². The van der Waals surface area contributed by atoms with Crippen molar-refractivity contribution in [3.8, 4) is 17.1 Å². The number of carbonyl (C=O) groups excluding carboxylic acids is 1. The SMILES string of the molecule is COc1nc(N(C)C)ncc1-c1cc2c(n1C(C)C)C(c1ccc(Cl)cc1)N([C@H]1CC[C@H](O)CC1)C2=O. The number of methoxy groups -OCH3 is 1. The number of benzene rings is 1. The van der Waals surface area contributed by atoms with Crippen molar-refractivity contribution < 1.29 is 14.6 Å². The minimum absolute atomic E-state index is 0.0155. The van der Waals surface area contributed by atoms with Crippen LogP contribution in [-0.2, 0) is 0 Å². The highest BCUT2D eigenvalue weighted by atomic mass is 35.5. The van der Waals surface area contributed by atoms with Crippen molar-refractivity contribution in [1.29, 1.82) is 0 Å². The molecule has 2 aliphatic rings. The fourth-order valence-electron chi connectivity index (χ4n) is 5.72. The molecule has 1 atom stereocenters. The highest BCUT2D eigenvalue weighted by Crippen LogP contribution is 2.47. The van der Waals surface area contributed by atoms with Crippen LogP contribution >= 0.6 is 11.6 Å². The van der Waals surface area contributed by atoms with Crippen LogP contribution in [0, 0.1) is 0 Å². The summed E-state index contributed by atoms with van der Waals surface area (Å²) in [5.74, 6) is 1.03. The van der Waals surface area contributed by atoms with Gasteiger partial charge in [0.05, 0.1) is 41.8 Å². The number of halogens is 1. The standard InChI is InChI=1S/C28H34ClN5O3/c1-16(2)33-23(22-15-30-28(32(3)4)31-26(22)37-5)14-21-25(33)24(17-6-8-18(29)9-7-17)34(27(21)36)19-10-12-20(35)13-11-19/h6-9,14-16,19-20,24,35H,10-13H2,1-5H3/t19-,20-,24?. The average molecular weight is 524 g/mol. The first-order chi connectivity index (χ1) is 17.7. The predicted molar refractivity (Wildman–Crippen MR) is 144 cm³/mol. The van der Waals surface area contributed by atoms with E-state index in [1.54, 1.807) is 13.3 Å². The van der Waals surface area contributed by atoms with Crippen LogP contribution in [0.4, 0.5) is 5.95 Å². The lowest BCUT2D eigenvalue weighted by atomic mass is 9.90. The number of aliphatic hydroxyl groups is 1. The Morgan fingerprint density at radius 1 is 1.11 bits per heavy atom. The maximum absolute atomic E-state index is 14.1. The lowest BCUT2D eigenvalue weighted by molar-refractivity contribution is 0.0458. The highest BCUT2D eigenvalue weighted by molar-refractivity contribution is 6.30. The molecule has 1 N–H and O–H groups in total. The van der Waals surface area contributed by atoms with Crippen molar-refractivity contribution in [2.45, 2.75) is 63.8 Å². The van der Waals surface area contributed by atoms with E-state index < -0.39 is 0 Å². The molecule has 1 fully saturated rings. The second kappa shape index (κ2) is 9.99. The van der Waals surface area contributed by atoms with Crippen LogP contribution in [0.3, 0.4) is 0 Å². The van der Waals surface area contributed by atoms with Crippen molar-refractivity contribution in [1.82, 2.24) is 19.4 Å². The number of fused-ring (bicyclic) bond motifs is 1. The van der Waals surface area contributed by atoms with E-state index in [0.717, 1.165) is 35.4 Å². The molecule has 9 heteroatoms. The molecule has 196 valence electrons. The number of aromatic nitrogens is 3. The molecule has 1 aliphatic heterocycles. The summed E-state index contributed by atoms with van der Waals surface area (Å²) in [6.45, 7) is 4.24. The number of aliphatic hydroxyl groups excluding tert-OH is 1. The predicted octanol–water partition coefficient (Wildman–Crippen LogP) is 5.10. The van der Waals surface area contributed by atoms with Crippen LogP contribution in [0.5, 0.6) is 5.88 Å². The van der Waals surface area contributed by atoms with Crippen molar-refractivity contribution in [3.63, 3.8) is 0 Å². The van der Waals surface area contributed by atoms with Gasteiger partial charge in [0.15, 0.2) is 0 Å². The molecule has 2 aromatic heterocycles. The second-order valence-electron chi connectivity index (χ2n) is 10.4. The number of amides is 1. The molecule has 0 bridgehead atoms. The number of carbonyl (C=O) groups is 1. The normalized spacial score (nSPS) is 21.5. The van der Waals surface area contributed by atoms with Crippen LogP contribution in [-0.4, -0.2) is 63.8 Å². The zero-order chi connectivity index (χ0) is 26.4. The Morgan fingerprint density at radius 3 is 2.38 bits per heavy atom. The number of anilines is 1. The number of hydrogen-bond acceptors (Lipinski definition) is 6. The van der Waals surface area contributed by atoms with Gasteiger partial charge < -0.3 is 24.2 Å². The van der Waals surface area contributed by atoms with Crippen molar-refractivity contribution in [2.75, 3.05) is 26.1 Å². The van der Waals surface area contributed by atoms with Gasteiger partial charge in [-0.25, -0.2) is 4.98 Å². The summed E-state index contributed by atoms with van der Waals surface area (Å²) < 4.78 is 7.90. The zero-order valence-electron chi connectivity index (χ0n) is 22.0. The van der Waals surface area contributed by atoms with Crippen molar-refractivity contribution >= 4 is 23.5 Å². The largest absolute Gasteiger partial charge is 0.480 e. The molecule has 1 aliphatic carbocycles. The molecule has 1 saturated carbocycles. The van der Waals surface area contributed by atoms with Gasteiger partial charge in [-0.2, -0.15) is 4.98 Å². The molecule has 37 heavy (non-hydrogen) atoms. The molecule has 3 aromatic rings. The van der Waals surface area contributed by atoms with Crippen LogP contribution < -0.4 is 9.64 Å². The summed E-state index contributed by atoms with van der Waals surface area (Å²) in [6.07, 6.45) is 4.45. The molecular formula is C28H34ClN5O3. The average Bonchev–Trinajstić information content (AvgIpc) is 3.40. The zero-order valence-corrected chi connectivity index (χ0v) is 22.7. The molecule has 5 rings (SSSR count). The Balaban J connectivity index is 1.69. The molecule has 1 amide bonds. The van der Waals surface area contributed by atoms with Gasteiger partial charge in [-0.3, -0.25) is 4.79 Å². The molecule has 1 unspecified atom stereocenters. The van der Waals surface area contributed by atoms with Gasteiger partial charge >= 0.3 is 0 Å². The van der Waals surface area contributed by atoms with Gasteiger partial charge in [-0.15, -0.1) is 0 Å². The maximum atomic E-state index is 14.1. The van der Waals surface area contributed by atoms with E-state index in [-0.39, 0.29) is 30.1 Å². The molecule has 3 heterocycles.